The number of benzene rings is 1. The van der Waals surface area contributed by atoms with Crippen LogP contribution in [0.3, 0.4) is 0 Å². The number of guanidine groups is 1. The van der Waals surface area contributed by atoms with Crippen LogP contribution in [0.2, 0.25) is 0 Å². The quantitative estimate of drug-likeness (QED) is 0.379. The molecule has 1 aromatic carbocycles. The standard InChI is InChI=1S/C17H27N3O/c1-14-8-10-16(11-9-14)21-13-12-19-17(18)20-15-6-4-2-3-5-7-15/h8-11,15H,2-7,12-13H2,1H3,(H3,18,19,20). The van der Waals surface area contributed by atoms with Crippen LogP contribution in [0, 0.1) is 6.92 Å². The van der Waals surface area contributed by atoms with Crippen LogP contribution in [0.4, 0.5) is 0 Å². The van der Waals surface area contributed by atoms with Crippen molar-refractivity contribution in [3.8, 4) is 5.75 Å². The van der Waals surface area contributed by atoms with Crippen LogP contribution in [0.1, 0.15) is 44.1 Å². The van der Waals surface area contributed by atoms with Gasteiger partial charge in [-0.05, 0) is 31.9 Å². The lowest BCUT2D eigenvalue weighted by molar-refractivity contribution is 0.328. The maximum Gasteiger partial charge on any atom is 0.188 e. The zero-order valence-corrected chi connectivity index (χ0v) is 13.0. The Morgan fingerprint density at radius 2 is 1.86 bits per heavy atom. The van der Waals surface area contributed by atoms with E-state index < -0.39 is 0 Å². The number of nitrogens with one attached hydrogen (secondary N) is 1. The van der Waals surface area contributed by atoms with Gasteiger partial charge in [0.15, 0.2) is 5.96 Å². The highest BCUT2D eigenvalue weighted by atomic mass is 16.5. The highest BCUT2D eigenvalue weighted by Gasteiger charge is 2.11. The molecule has 1 aromatic rings. The zero-order valence-electron chi connectivity index (χ0n) is 13.0. The Balaban J connectivity index is 1.66. The molecule has 0 radical (unpaired) electrons. The van der Waals surface area contributed by atoms with E-state index in [4.69, 9.17) is 10.5 Å². The minimum Gasteiger partial charge on any atom is -0.492 e. The normalized spacial score (nSPS) is 17.3. The Hall–Kier alpha value is -1.71. The summed E-state index contributed by atoms with van der Waals surface area (Å²) < 4.78 is 5.63. The fourth-order valence-electron chi connectivity index (χ4n) is 2.64. The van der Waals surface area contributed by atoms with Gasteiger partial charge in [-0.25, -0.2) is 4.99 Å². The smallest absolute Gasteiger partial charge is 0.188 e. The average Bonchev–Trinajstić information content (AvgIpc) is 2.74. The minimum absolute atomic E-state index is 0.495. The Kier molecular flexibility index (Phi) is 6.38. The van der Waals surface area contributed by atoms with E-state index in [1.54, 1.807) is 0 Å². The monoisotopic (exact) mass is 289 g/mol. The van der Waals surface area contributed by atoms with Crippen molar-refractivity contribution in [1.82, 2.24) is 5.32 Å². The van der Waals surface area contributed by atoms with Gasteiger partial charge in [0, 0.05) is 6.04 Å². The molecule has 2 rings (SSSR count). The van der Waals surface area contributed by atoms with Gasteiger partial charge in [-0.1, -0.05) is 43.4 Å². The molecular formula is C17H27N3O. The lowest BCUT2D eigenvalue weighted by atomic mass is 10.1. The summed E-state index contributed by atoms with van der Waals surface area (Å²) in [5.74, 6) is 1.43. The van der Waals surface area contributed by atoms with E-state index in [9.17, 15) is 0 Å². The van der Waals surface area contributed by atoms with Crippen LogP contribution in [0.25, 0.3) is 0 Å². The second kappa shape index (κ2) is 8.55. The topological polar surface area (TPSA) is 59.6 Å². The summed E-state index contributed by atoms with van der Waals surface area (Å²) in [5, 5.41) is 3.34. The molecule has 116 valence electrons. The molecule has 1 aliphatic carbocycles. The lowest BCUT2D eigenvalue weighted by Gasteiger charge is -2.16. The SMILES string of the molecule is Cc1ccc(OCCN=C(N)NC2CCCCCC2)cc1. The molecule has 3 N–H and O–H groups in total. The van der Waals surface area contributed by atoms with E-state index >= 15 is 0 Å². The second-order valence-corrected chi connectivity index (χ2v) is 5.76. The minimum atomic E-state index is 0.495. The molecular weight excluding hydrogens is 262 g/mol. The Morgan fingerprint density at radius 3 is 2.52 bits per heavy atom. The number of aryl methyl sites for hydroxylation is 1. The van der Waals surface area contributed by atoms with Gasteiger partial charge in [0.2, 0.25) is 0 Å². The molecule has 1 saturated carbocycles. The van der Waals surface area contributed by atoms with E-state index in [1.165, 1.54) is 44.1 Å². The highest BCUT2D eigenvalue weighted by Crippen LogP contribution is 2.16. The van der Waals surface area contributed by atoms with Crippen molar-refractivity contribution in [2.24, 2.45) is 10.7 Å². The largest absolute Gasteiger partial charge is 0.492 e. The van der Waals surface area contributed by atoms with Gasteiger partial charge in [-0.2, -0.15) is 0 Å². The van der Waals surface area contributed by atoms with Gasteiger partial charge in [0.1, 0.15) is 12.4 Å². The van der Waals surface area contributed by atoms with Crippen molar-refractivity contribution in [2.75, 3.05) is 13.2 Å². The van der Waals surface area contributed by atoms with Crippen molar-refractivity contribution in [1.29, 1.82) is 0 Å². The Morgan fingerprint density at radius 1 is 1.19 bits per heavy atom. The van der Waals surface area contributed by atoms with E-state index in [0.29, 0.717) is 25.2 Å². The summed E-state index contributed by atoms with van der Waals surface area (Å²) in [7, 11) is 0. The third-order valence-electron chi connectivity index (χ3n) is 3.87. The van der Waals surface area contributed by atoms with Crippen LogP contribution in [-0.4, -0.2) is 25.2 Å². The van der Waals surface area contributed by atoms with Crippen molar-refractivity contribution in [3.05, 3.63) is 29.8 Å². The molecule has 0 amide bonds. The number of ether oxygens (including phenoxy) is 1. The number of rotatable bonds is 5. The molecule has 0 saturated heterocycles. The van der Waals surface area contributed by atoms with Gasteiger partial charge < -0.3 is 15.8 Å². The van der Waals surface area contributed by atoms with Crippen molar-refractivity contribution in [3.63, 3.8) is 0 Å². The lowest BCUT2D eigenvalue weighted by Crippen LogP contribution is -2.40. The van der Waals surface area contributed by atoms with Crippen LogP contribution >= 0.6 is 0 Å². The summed E-state index contributed by atoms with van der Waals surface area (Å²) in [6, 6.07) is 8.54. The van der Waals surface area contributed by atoms with Crippen molar-refractivity contribution < 1.29 is 4.74 Å². The van der Waals surface area contributed by atoms with E-state index in [2.05, 4.69) is 17.2 Å². The summed E-state index contributed by atoms with van der Waals surface area (Å²) in [6.07, 6.45) is 7.69. The van der Waals surface area contributed by atoms with Crippen LogP contribution < -0.4 is 15.8 Å². The fourth-order valence-corrected chi connectivity index (χ4v) is 2.64. The van der Waals surface area contributed by atoms with Gasteiger partial charge in [-0.15, -0.1) is 0 Å². The average molecular weight is 289 g/mol. The molecule has 4 heteroatoms. The predicted octanol–water partition coefficient (Wildman–Crippen LogP) is 3.00. The molecule has 0 aromatic heterocycles. The first-order chi connectivity index (χ1) is 10.2. The van der Waals surface area contributed by atoms with E-state index in [-0.39, 0.29) is 0 Å². The van der Waals surface area contributed by atoms with E-state index in [0.717, 1.165) is 5.75 Å². The molecule has 0 heterocycles. The van der Waals surface area contributed by atoms with Crippen LogP contribution in [-0.2, 0) is 0 Å². The predicted molar refractivity (Wildman–Crippen MR) is 87.8 cm³/mol. The second-order valence-electron chi connectivity index (χ2n) is 5.76. The van der Waals surface area contributed by atoms with Crippen molar-refractivity contribution >= 4 is 5.96 Å². The molecule has 1 fully saturated rings. The maximum absolute atomic E-state index is 5.94. The first kappa shape index (κ1) is 15.7. The Bertz CT molecular complexity index is 434. The molecule has 0 unspecified atom stereocenters. The molecule has 1 aliphatic rings. The van der Waals surface area contributed by atoms with Crippen molar-refractivity contribution in [2.45, 2.75) is 51.5 Å². The van der Waals surface area contributed by atoms with Crippen LogP contribution in [0.15, 0.2) is 29.3 Å². The molecule has 0 atom stereocenters. The summed E-state index contributed by atoms with van der Waals surface area (Å²) >= 11 is 0. The van der Waals surface area contributed by atoms with Gasteiger partial charge >= 0.3 is 0 Å². The highest BCUT2D eigenvalue weighted by molar-refractivity contribution is 5.78. The van der Waals surface area contributed by atoms with Gasteiger partial charge in [0.25, 0.3) is 0 Å². The Labute approximate surface area is 127 Å². The summed E-state index contributed by atoms with van der Waals surface area (Å²) in [5.41, 5.74) is 7.17. The third kappa shape index (κ3) is 6.06. The van der Waals surface area contributed by atoms with Gasteiger partial charge in [0.05, 0.1) is 6.54 Å². The number of nitrogens with zero attached hydrogens (tertiary/aromatic N) is 1. The van der Waals surface area contributed by atoms with Gasteiger partial charge in [-0.3, -0.25) is 0 Å². The first-order valence-corrected chi connectivity index (χ1v) is 8.00. The zero-order chi connectivity index (χ0) is 14.9. The summed E-state index contributed by atoms with van der Waals surface area (Å²) in [4.78, 5) is 4.34. The molecule has 0 spiro atoms. The summed E-state index contributed by atoms with van der Waals surface area (Å²) in [6.45, 7) is 3.20. The number of aliphatic imine (C=N–C) groups is 1. The molecule has 4 nitrogen and oxygen atoms in total. The number of nitrogens with two attached hydrogens (primary N) is 1. The first-order valence-electron chi connectivity index (χ1n) is 8.00. The third-order valence-corrected chi connectivity index (χ3v) is 3.87. The number of hydrogen-bond acceptors (Lipinski definition) is 2. The molecule has 21 heavy (non-hydrogen) atoms. The van der Waals surface area contributed by atoms with E-state index in [1.807, 2.05) is 24.3 Å². The maximum atomic E-state index is 5.94. The molecule has 0 bridgehead atoms. The molecule has 0 aliphatic heterocycles. The van der Waals surface area contributed by atoms with Crippen LogP contribution in [0.5, 0.6) is 5.75 Å². The number of hydrogen-bond donors (Lipinski definition) is 2. The fraction of sp³-hybridized carbons (Fsp3) is 0.588.